The number of phenols is 2. The van der Waals surface area contributed by atoms with Crippen molar-refractivity contribution in [2.75, 3.05) is 0 Å². The lowest BCUT2D eigenvalue weighted by atomic mass is 9.73. The van der Waals surface area contributed by atoms with Gasteiger partial charge in [0, 0.05) is 11.5 Å². The number of hydrogen-bond donors (Lipinski definition) is 2. The Balaban J connectivity index is 2.34. The topological polar surface area (TPSA) is 40.5 Å². The third-order valence-electron chi connectivity index (χ3n) is 4.98. The largest absolute Gasteiger partial charge is 0.507 e. The van der Waals surface area contributed by atoms with Crippen LogP contribution in [0.4, 0.5) is 0 Å². The molecular weight excluding hydrogens is 284 g/mol. The van der Waals surface area contributed by atoms with Crippen LogP contribution in [0.15, 0.2) is 35.9 Å². The van der Waals surface area contributed by atoms with Crippen LogP contribution in [0, 0.1) is 5.92 Å². The Morgan fingerprint density at radius 2 is 1.87 bits per heavy atom. The third kappa shape index (κ3) is 4.19. The van der Waals surface area contributed by atoms with Crippen molar-refractivity contribution in [1.82, 2.24) is 0 Å². The molecule has 0 unspecified atom stereocenters. The predicted molar refractivity (Wildman–Crippen MR) is 97.0 cm³/mol. The van der Waals surface area contributed by atoms with Crippen LogP contribution < -0.4 is 0 Å². The molecule has 0 aliphatic heterocycles. The van der Waals surface area contributed by atoms with Crippen molar-refractivity contribution in [2.45, 2.75) is 65.2 Å². The zero-order valence-electron chi connectivity index (χ0n) is 14.7. The van der Waals surface area contributed by atoms with Gasteiger partial charge in [-0.2, -0.15) is 0 Å². The van der Waals surface area contributed by atoms with Gasteiger partial charge in [-0.1, -0.05) is 43.6 Å². The van der Waals surface area contributed by atoms with E-state index < -0.39 is 0 Å². The first-order valence-electron chi connectivity index (χ1n) is 8.81. The first-order valence-corrected chi connectivity index (χ1v) is 8.81. The van der Waals surface area contributed by atoms with Crippen molar-refractivity contribution in [3.8, 4) is 11.5 Å². The zero-order chi connectivity index (χ0) is 17.0. The molecule has 0 saturated heterocycles. The Morgan fingerprint density at radius 3 is 2.43 bits per heavy atom. The number of aryl methyl sites for hydroxylation is 1. The van der Waals surface area contributed by atoms with E-state index >= 15 is 0 Å². The molecule has 0 amide bonds. The number of aromatic hydroxyl groups is 2. The van der Waals surface area contributed by atoms with Crippen LogP contribution in [-0.4, -0.2) is 10.2 Å². The van der Waals surface area contributed by atoms with Crippen LogP contribution >= 0.6 is 0 Å². The molecule has 2 rings (SSSR count). The summed E-state index contributed by atoms with van der Waals surface area (Å²) < 4.78 is 0. The van der Waals surface area contributed by atoms with Gasteiger partial charge in [0.05, 0.1) is 0 Å². The van der Waals surface area contributed by atoms with E-state index in [0.29, 0.717) is 5.56 Å². The van der Waals surface area contributed by atoms with Gasteiger partial charge in [0.1, 0.15) is 11.5 Å². The fraction of sp³-hybridized carbons (Fsp3) is 0.524. The quantitative estimate of drug-likeness (QED) is 0.511. The first kappa shape index (κ1) is 17.7. The van der Waals surface area contributed by atoms with Crippen LogP contribution in [0.1, 0.15) is 69.9 Å². The molecule has 1 aromatic carbocycles. The van der Waals surface area contributed by atoms with Crippen molar-refractivity contribution < 1.29 is 10.2 Å². The van der Waals surface area contributed by atoms with Gasteiger partial charge in [0.2, 0.25) is 0 Å². The predicted octanol–water partition coefficient (Wildman–Crippen LogP) is 5.85. The third-order valence-corrected chi connectivity index (χ3v) is 4.98. The molecular formula is C21H30O2. The second kappa shape index (κ2) is 7.72. The number of allylic oxidation sites excluding steroid dienone is 3. The highest BCUT2D eigenvalue weighted by Gasteiger charge is 2.29. The SMILES string of the molecule is C=C(C)[C@@H]1CCC(C)=C[C@@H]1c1c(O)cc(CCCCC)cc1O. The second-order valence-electron chi connectivity index (χ2n) is 7.04. The van der Waals surface area contributed by atoms with E-state index in [-0.39, 0.29) is 23.3 Å². The minimum absolute atomic E-state index is 0.0194. The average molecular weight is 314 g/mol. The Kier molecular flexibility index (Phi) is 5.92. The summed E-state index contributed by atoms with van der Waals surface area (Å²) >= 11 is 0. The highest BCUT2D eigenvalue weighted by atomic mass is 16.3. The smallest absolute Gasteiger partial charge is 0.123 e. The summed E-state index contributed by atoms with van der Waals surface area (Å²) in [4.78, 5) is 0. The van der Waals surface area contributed by atoms with Crippen molar-refractivity contribution in [2.24, 2.45) is 5.92 Å². The van der Waals surface area contributed by atoms with E-state index in [1.807, 2.05) is 19.1 Å². The maximum Gasteiger partial charge on any atom is 0.123 e. The molecule has 126 valence electrons. The zero-order valence-corrected chi connectivity index (χ0v) is 14.7. The van der Waals surface area contributed by atoms with E-state index in [1.165, 1.54) is 18.4 Å². The Hall–Kier alpha value is -1.70. The molecule has 0 spiro atoms. The Labute approximate surface area is 140 Å². The molecule has 0 bridgehead atoms. The molecule has 1 aromatic rings. The van der Waals surface area contributed by atoms with E-state index in [2.05, 4.69) is 26.5 Å². The van der Waals surface area contributed by atoms with Gasteiger partial charge in [0.15, 0.2) is 0 Å². The Morgan fingerprint density at radius 1 is 1.22 bits per heavy atom. The van der Waals surface area contributed by atoms with Crippen molar-refractivity contribution in [1.29, 1.82) is 0 Å². The lowest BCUT2D eigenvalue weighted by Crippen LogP contribution is -2.17. The maximum atomic E-state index is 10.5. The minimum atomic E-state index is 0.0194. The van der Waals surface area contributed by atoms with Gasteiger partial charge in [-0.25, -0.2) is 0 Å². The van der Waals surface area contributed by atoms with Gasteiger partial charge in [-0.15, -0.1) is 0 Å². The van der Waals surface area contributed by atoms with Gasteiger partial charge < -0.3 is 10.2 Å². The van der Waals surface area contributed by atoms with Gasteiger partial charge in [-0.05, 0) is 63.1 Å². The number of phenolic OH excluding ortho intramolecular Hbond substituents is 2. The normalized spacial score (nSPS) is 21.1. The molecule has 2 N–H and O–H groups in total. The van der Waals surface area contributed by atoms with Gasteiger partial charge >= 0.3 is 0 Å². The van der Waals surface area contributed by atoms with Crippen LogP contribution in [0.5, 0.6) is 11.5 Å². The molecule has 2 nitrogen and oxygen atoms in total. The van der Waals surface area contributed by atoms with E-state index in [0.717, 1.165) is 36.8 Å². The summed E-state index contributed by atoms with van der Waals surface area (Å²) in [7, 11) is 0. The molecule has 1 aliphatic rings. The highest BCUT2D eigenvalue weighted by Crippen LogP contribution is 2.46. The van der Waals surface area contributed by atoms with Crippen molar-refractivity contribution >= 4 is 0 Å². The van der Waals surface area contributed by atoms with E-state index in [4.69, 9.17) is 0 Å². The van der Waals surface area contributed by atoms with Crippen molar-refractivity contribution in [3.63, 3.8) is 0 Å². The fourth-order valence-corrected chi connectivity index (χ4v) is 3.65. The van der Waals surface area contributed by atoms with E-state index in [9.17, 15) is 10.2 Å². The first-order chi connectivity index (χ1) is 10.9. The lowest BCUT2D eigenvalue weighted by molar-refractivity contribution is 0.406. The van der Waals surface area contributed by atoms with E-state index in [1.54, 1.807) is 0 Å². The Bertz CT molecular complexity index is 575. The minimum Gasteiger partial charge on any atom is -0.507 e. The average Bonchev–Trinajstić information content (AvgIpc) is 2.46. The lowest BCUT2D eigenvalue weighted by Gasteiger charge is -2.31. The molecule has 0 saturated carbocycles. The summed E-state index contributed by atoms with van der Waals surface area (Å²) in [6, 6.07) is 3.66. The summed E-state index contributed by atoms with van der Waals surface area (Å²) in [5, 5.41) is 21.1. The molecule has 0 heterocycles. The summed E-state index contributed by atoms with van der Waals surface area (Å²) in [5.41, 5.74) is 4.11. The monoisotopic (exact) mass is 314 g/mol. The molecule has 23 heavy (non-hydrogen) atoms. The van der Waals surface area contributed by atoms with Crippen LogP contribution in [0.3, 0.4) is 0 Å². The molecule has 2 heteroatoms. The number of benzene rings is 1. The molecule has 2 atom stereocenters. The highest BCUT2D eigenvalue weighted by molar-refractivity contribution is 5.51. The second-order valence-corrected chi connectivity index (χ2v) is 7.04. The number of hydrogen-bond acceptors (Lipinski definition) is 2. The molecule has 0 radical (unpaired) electrons. The van der Waals surface area contributed by atoms with Gasteiger partial charge in [0.25, 0.3) is 0 Å². The standard InChI is InChI=1S/C21H30O2/c1-5-6-7-8-16-12-19(22)21(20(23)13-16)18-11-15(4)9-10-17(18)14(2)3/h11-13,17-18,22-23H,2,5-10H2,1,3-4H3/t17-,18-/m0/s1. The van der Waals surface area contributed by atoms with Crippen LogP contribution in [-0.2, 0) is 6.42 Å². The number of rotatable bonds is 6. The number of unbranched alkanes of at least 4 members (excludes halogenated alkanes) is 2. The van der Waals surface area contributed by atoms with Crippen LogP contribution in [0.2, 0.25) is 0 Å². The fourth-order valence-electron chi connectivity index (χ4n) is 3.65. The van der Waals surface area contributed by atoms with Crippen molar-refractivity contribution in [3.05, 3.63) is 47.1 Å². The molecule has 0 aromatic heterocycles. The summed E-state index contributed by atoms with van der Waals surface area (Å²) in [6.45, 7) is 10.4. The summed E-state index contributed by atoms with van der Waals surface area (Å²) in [5.74, 6) is 0.741. The molecule has 1 aliphatic carbocycles. The van der Waals surface area contributed by atoms with Gasteiger partial charge in [-0.3, -0.25) is 0 Å². The van der Waals surface area contributed by atoms with Crippen LogP contribution in [0.25, 0.3) is 0 Å². The summed E-state index contributed by atoms with van der Waals surface area (Å²) in [6.07, 6.45) is 8.61. The molecule has 0 fully saturated rings. The maximum absolute atomic E-state index is 10.5.